The van der Waals surface area contributed by atoms with Crippen LogP contribution in [0.3, 0.4) is 0 Å². The fraction of sp³-hybridized carbons (Fsp3) is 0.333. The van der Waals surface area contributed by atoms with Crippen LogP contribution in [-0.2, 0) is 19.3 Å². The Morgan fingerprint density at radius 2 is 1.90 bits per heavy atom. The van der Waals surface area contributed by atoms with Crippen molar-refractivity contribution in [3.63, 3.8) is 0 Å². The van der Waals surface area contributed by atoms with E-state index in [1.807, 2.05) is 0 Å². The van der Waals surface area contributed by atoms with Gasteiger partial charge in [-0.05, 0) is 66.5 Å². The maximum absolute atomic E-state index is 14.1. The summed E-state index contributed by atoms with van der Waals surface area (Å²) >= 11 is 5.83. The highest BCUT2D eigenvalue weighted by molar-refractivity contribution is 6.30. The molecule has 0 spiro atoms. The fourth-order valence-electron chi connectivity index (χ4n) is 3.33. The van der Waals surface area contributed by atoms with Crippen LogP contribution < -0.4 is 5.73 Å². The van der Waals surface area contributed by atoms with Crippen LogP contribution in [0, 0.1) is 11.2 Å². The lowest BCUT2D eigenvalue weighted by molar-refractivity contribution is 0.251. The third-order valence-corrected chi connectivity index (χ3v) is 4.86. The number of nitrogens with two attached hydrogens (primary N) is 1. The average molecular weight is 304 g/mol. The number of hydrogen-bond donors (Lipinski definition) is 1. The molecule has 0 heterocycles. The quantitative estimate of drug-likeness (QED) is 0.905. The Labute approximate surface area is 129 Å². The Hall–Kier alpha value is -1.38. The predicted molar refractivity (Wildman–Crippen MR) is 85.1 cm³/mol. The zero-order valence-corrected chi connectivity index (χ0v) is 12.7. The van der Waals surface area contributed by atoms with Gasteiger partial charge in [-0.25, -0.2) is 4.39 Å². The fourth-order valence-corrected chi connectivity index (χ4v) is 3.49. The molecule has 1 nitrogen and oxygen atoms in total. The van der Waals surface area contributed by atoms with E-state index in [4.69, 9.17) is 17.3 Å². The predicted octanol–water partition coefficient (Wildman–Crippen LogP) is 4.16. The molecule has 0 amide bonds. The second-order valence-corrected chi connectivity index (χ2v) is 6.50. The second kappa shape index (κ2) is 5.78. The van der Waals surface area contributed by atoms with Gasteiger partial charge in [0.25, 0.3) is 0 Å². The molecule has 2 N–H and O–H groups in total. The molecule has 1 unspecified atom stereocenters. The molecule has 0 radical (unpaired) electrons. The first-order chi connectivity index (χ1) is 10.1. The van der Waals surface area contributed by atoms with Crippen molar-refractivity contribution >= 4 is 11.6 Å². The first-order valence-corrected chi connectivity index (χ1v) is 7.70. The molecule has 0 saturated heterocycles. The van der Waals surface area contributed by atoms with Gasteiger partial charge >= 0.3 is 0 Å². The van der Waals surface area contributed by atoms with Crippen molar-refractivity contribution in [1.82, 2.24) is 0 Å². The van der Waals surface area contributed by atoms with Gasteiger partial charge in [0.15, 0.2) is 0 Å². The maximum Gasteiger partial charge on any atom is 0.127 e. The van der Waals surface area contributed by atoms with Gasteiger partial charge in [-0.3, -0.25) is 0 Å². The normalized spacial score (nSPS) is 21.1. The van der Waals surface area contributed by atoms with E-state index >= 15 is 0 Å². The molecular weight excluding hydrogens is 285 g/mol. The lowest BCUT2D eigenvalue weighted by Gasteiger charge is -2.37. The zero-order valence-electron chi connectivity index (χ0n) is 11.9. The number of rotatable bonds is 3. The number of benzene rings is 2. The lowest BCUT2D eigenvalue weighted by Crippen LogP contribution is -2.38. The van der Waals surface area contributed by atoms with Gasteiger partial charge in [0.1, 0.15) is 5.82 Å². The zero-order chi connectivity index (χ0) is 14.9. The number of fused-ring (bicyclic) bond motifs is 1. The molecule has 0 fully saturated rings. The third kappa shape index (κ3) is 2.97. The Morgan fingerprint density at radius 1 is 1.14 bits per heavy atom. The molecule has 0 bridgehead atoms. The minimum atomic E-state index is -0.228. The molecule has 1 atom stereocenters. The van der Waals surface area contributed by atoms with E-state index < -0.39 is 0 Å². The van der Waals surface area contributed by atoms with Gasteiger partial charge < -0.3 is 5.73 Å². The molecule has 1 aliphatic rings. The number of aryl methyl sites for hydroxylation is 1. The van der Waals surface area contributed by atoms with Crippen molar-refractivity contribution in [3.8, 4) is 0 Å². The highest BCUT2D eigenvalue weighted by Gasteiger charge is 2.33. The van der Waals surface area contributed by atoms with Gasteiger partial charge in [0, 0.05) is 5.02 Å². The summed E-state index contributed by atoms with van der Waals surface area (Å²) in [5.41, 5.74) is 9.49. The minimum absolute atomic E-state index is 0.0526. The van der Waals surface area contributed by atoms with Crippen LogP contribution in [0.2, 0.25) is 5.02 Å². The third-order valence-electron chi connectivity index (χ3n) is 4.62. The van der Waals surface area contributed by atoms with Gasteiger partial charge in [-0.1, -0.05) is 41.9 Å². The van der Waals surface area contributed by atoms with E-state index in [1.165, 1.54) is 17.2 Å². The second-order valence-electron chi connectivity index (χ2n) is 6.06. The molecule has 0 aliphatic heterocycles. The van der Waals surface area contributed by atoms with E-state index in [0.29, 0.717) is 23.6 Å². The van der Waals surface area contributed by atoms with Crippen LogP contribution in [0.25, 0.3) is 0 Å². The van der Waals surface area contributed by atoms with Gasteiger partial charge in [0.05, 0.1) is 0 Å². The van der Waals surface area contributed by atoms with E-state index in [-0.39, 0.29) is 11.2 Å². The largest absolute Gasteiger partial charge is 0.330 e. The van der Waals surface area contributed by atoms with Crippen molar-refractivity contribution in [3.05, 3.63) is 70.0 Å². The Kier molecular flexibility index (Phi) is 4.01. The molecule has 110 valence electrons. The van der Waals surface area contributed by atoms with Crippen LogP contribution in [0.4, 0.5) is 4.39 Å². The minimum Gasteiger partial charge on any atom is -0.330 e. The molecule has 3 heteroatoms. The summed E-state index contributed by atoms with van der Waals surface area (Å²) in [4.78, 5) is 0. The van der Waals surface area contributed by atoms with Crippen LogP contribution >= 0.6 is 11.6 Å². The molecule has 0 aromatic heterocycles. The molecule has 0 saturated carbocycles. The topological polar surface area (TPSA) is 26.0 Å². The summed E-state index contributed by atoms with van der Waals surface area (Å²) in [7, 11) is 0. The summed E-state index contributed by atoms with van der Waals surface area (Å²) in [6.07, 6.45) is 3.60. The maximum atomic E-state index is 14.1. The molecule has 3 rings (SSSR count). The van der Waals surface area contributed by atoms with Crippen molar-refractivity contribution in [1.29, 1.82) is 0 Å². The first-order valence-electron chi connectivity index (χ1n) is 7.33. The van der Waals surface area contributed by atoms with E-state index in [2.05, 4.69) is 24.3 Å². The summed E-state index contributed by atoms with van der Waals surface area (Å²) in [6, 6.07) is 13.4. The molecular formula is C18H19ClFN. The SMILES string of the molecule is NCC1(Cc2ccc(Cl)cc2F)CCc2ccccc2C1. The highest BCUT2D eigenvalue weighted by Crippen LogP contribution is 2.38. The Balaban J connectivity index is 1.88. The summed E-state index contributed by atoms with van der Waals surface area (Å²) in [5, 5.41) is 0.437. The Bertz CT molecular complexity index is 655. The highest BCUT2D eigenvalue weighted by atomic mass is 35.5. The van der Waals surface area contributed by atoms with E-state index in [0.717, 1.165) is 19.3 Å². The summed E-state index contributed by atoms with van der Waals surface area (Å²) in [6.45, 7) is 0.573. The first kappa shape index (κ1) is 14.6. The van der Waals surface area contributed by atoms with Gasteiger partial charge in [-0.15, -0.1) is 0 Å². The molecule has 2 aromatic rings. The van der Waals surface area contributed by atoms with Gasteiger partial charge in [-0.2, -0.15) is 0 Å². The Morgan fingerprint density at radius 3 is 2.62 bits per heavy atom. The smallest absolute Gasteiger partial charge is 0.127 e. The number of hydrogen-bond acceptors (Lipinski definition) is 1. The average Bonchev–Trinajstić information content (AvgIpc) is 2.50. The lowest BCUT2D eigenvalue weighted by atomic mass is 9.68. The van der Waals surface area contributed by atoms with Gasteiger partial charge in [0.2, 0.25) is 0 Å². The van der Waals surface area contributed by atoms with Crippen molar-refractivity contribution in [2.45, 2.75) is 25.7 Å². The summed E-state index contributed by atoms with van der Waals surface area (Å²) in [5.74, 6) is -0.228. The van der Waals surface area contributed by atoms with Crippen LogP contribution in [0.15, 0.2) is 42.5 Å². The van der Waals surface area contributed by atoms with Crippen molar-refractivity contribution < 1.29 is 4.39 Å². The standard InChI is InChI=1S/C18H19ClFN/c19-16-6-5-15(17(20)9-16)11-18(12-21)8-7-13-3-1-2-4-14(13)10-18/h1-6,9H,7-8,10-12,21H2. The molecule has 1 aliphatic carbocycles. The van der Waals surface area contributed by atoms with Crippen molar-refractivity contribution in [2.75, 3.05) is 6.54 Å². The van der Waals surface area contributed by atoms with Crippen LogP contribution in [-0.4, -0.2) is 6.54 Å². The van der Waals surface area contributed by atoms with Crippen LogP contribution in [0.1, 0.15) is 23.1 Å². The van der Waals surface area contributed by atoms with Crippen LogP contribution in [0.5, 0.6) is 0 Å². The number of halogens is 2. The van der Waals surface area contributed by atoms with E-state index in [9.17, 15) is 4.39 Å². The molecule has 21 heavy (non-hydrogen) atoms. The van der Waals surface area contributed by atoms with E-state index in [1.54, 1.807) is 12.1 Å². The summed E-state index contributed by atoms with van der Waals surface area (Å²) < 4.78 is 14.1. The molecule has 2 aromatic carbocycles. The monoisotopic (exact) mass is 303 g/mol. The van der Waals surface area contributed by atoms with Crippen molar-refractivity contribution in [2.24, 2.45) is 11.1 Å².